The van der Waals surface area contributed by atoms with Crippen LogP contribution in [0.2, 0.25) is 10.0 Å². The second-order valence-electron chi connectivity index (χ2n) is 4.60. The van der Waals surface area contributed by atoms with E-state index in [1.807, 2.05) is 36.2 Å². The van der Waals surface area contributed by atoms with Crippen LogP contribution in [-0.2, 0) is 0 Å². The van der Waals surface area contributed by atoms with Gasteiger partial charge in [0.05, 0.1) is 18.7 Å². The minimum Gasteiger partial charge on any atom is -0.497 e. The number of carbonyl (C=O) groups is 1. The number of hydrogen-bond donors (Lipinski definition) is 0. The molecule has 0 saturated carbocycles. The molecule has 0 amide bonds. The predicted molar refractivity (Wildman–Crippen MR) is 87.1 cm³/mol. The van der Waals surface area contributed by atoms with Crippen LogP contribution in [0, 0.1) is 0 Å². The van der Waals surface area contributed by atoms with Gasteiger partial charge in [0.1, 0.15) is 5.75 Å². The Morgan fingerprint density at radius 2 is 1.81 bits per heavy atom. The molecule has 0 heterocycles. The summed E-state index contributed by atoms with van der Waals surface area (Å²) in [5, 5.41) is 0.905. The van der Waals surface area contributed by atoms with E-state index < -0.39 is 0 Å². The van der Waals surface area contributed by atoms with Gasteiger partial charge in [-0.15, -0.1) is 0 Å². The summed E-state index contributed by atoms with van der Waals surface area (Å²) < 4.78 is 5.11. The Morgan fingerprint density at radius 1 is 1.14 bits per heavy atom. The molecule has 0 spiro atoms. The quantitative estimate of drug-likeness (QED) is 0.767. The van der Waals surface area contributed by atoms with Crippen molar-refractivity contribution in [2.24, 2.45) is 0 Å². The maximum absolute atomic E-state index is 12.3. The second-order valence-corrected chi connectivity index (χ2v) is 5.45. The van der Waals surface area contributed by atoms with E-state index in [2.05, 4.69) is 0 Å². The molecule has 0 bridgehead atoms. The van der Waals surface area contributed by atoms with E-state index in [9.17, 15) is 4.79 Å². The first-order chi connectivity index (χ1) is 10.0. The number of rotatable bonds is 5. The van der Waals surface area contributed by atoms with Crippen LogP contribution in [0.25, 0.3) is 0 Å². The van der Waals surface area contributed by atoms with E-state index in [1.165, 1.54) is 0 Å². The van der Waals surface area contributed by atoms with Gasteiger partial charge in [-0.05, 0) is 42.5 Å². The molecule has 110 valence electrons. The van der Waals surface area contributed by atoms with E-state index in [1.54, 1.807) is 25.3 Å². The molecule has 0 aliphatic carbocycles. The van der Waals surface area contributed by atoms with Crippen LogP contribution in [0.3, 0.4) is 0 Å². The summed E-state index contributed by atoms with van der Waals surface area (Å²) in [6.45, 7) is 0.215. The Hall–Kier alpha value is -1.71. The summed E-state index contributed by atoms with van der Waals surface area (Å²) >= 11 is 12.0. The van der Waals surface area contributed by atoms with Gasteiger partial charge in [-0.3, -0.25) is 4.79 Å². The van der Waals surface area contributed by atoms with Crippen molar-refractivity contribution in [3.05, 3.63) is 58.1 Å². The highest BCUT2D eigenvalue weighted by atomic mass is 35.5. The van der Waals surface area contributed by atoms with E-state index in [0.717, 1.165) is 11.4 Å². The Morgan fingerprint density at radius 3 is 2.43 bits per heavy atom. The number of Topliss-reactive ketones (excluding diaryl/α,β-unsaturated/α-hetero) is 1. The predicted octanol–water partition coefficient (Wildman–Crippen LogP) is 4.32. The summed E-state index contributed by atoms with van der Waals surface area (Å²) in [7, 11) is 3.46. The van der Waals surface area contributed by atoms with Gasteiger partial charge in [-0.1, -0.05) is 23.2 Å². The largest absolute Gasteiger partial charge is 0.497 e. The fourth-order valence-corrected chi connectivity index (χ4v) is 2.33. The lowest BCUT2D eigenvalue weighted by Crippen LogP contribution is -2.25. The summed E-state index contributed by atoms with van der Waals surface area (Å²) in [4.78, 5) is 14.2. The standard InChI is InChI=1S/C16H15Cl2NO2/c1-19(12-4-6-13(21-2)7-5-12)10-16(20)14-9-11(17)3-8-15(14)18/h3-9H,10H2,1-2H3. The molecule has 0 radical (unpaired) electrons. The van der Waals surface area contributed by atoms with E-state index in [4.69, 9.17) is 27.9 Å². The Kier molecular flexibility index (Phi) is 5.10. The molecule has 0 aliphatic rings. The number of halogens is 2. The average Bonchev–Trinajstić information content (AvgIpc) is 2.49. The molecule has 0 unspecified atom stereocenters. The fraction of sp³-hybridized carbons (Fsp3) is 0.188. The number of anilines is 1. The van der Waals surface area contributed by atoms with Crippen molar-refractivity contribution in [1.29, 1.82) is 0 Å². The Labute approximate surface area is 134 Å². The molecule has 2 aromatic carbocycles. The zero-order chi connectivity index (χ0) is 15.4. The van der Waals surface area contributed by atoms with Gasteiger partial charge in [0.25, 0.3) is 0 Å². The second kappa shape index (κ2) is 6.83. The molecular formula is C16H15Cl2NO2. The number of hydrogen-bond acceptors (Lipinski definition) is 3. The molecular weight excluding hydrogens is 309 g/mol. The van der Waals surface area contributed by atoms with Crippen LogP contribution in [-0.4, -0.2) is 26.5 Å². The van der Waals surface area contributed by atoms with Crippen LogP contribution in [0.4, 0.5) is 5.69 Å². The van der Waals surface area contributed by atoms with Crippen LogP contribution < -0.4 is 9.64 Å². The van der Waals surface area contributed by atoms with E-state index >= 15 is 0 Å². The number of benzene rings is 2. The van der Waals surface area contributed by atoms with Crippen molar-refractivity contribution in [3.8, 4) is 5.75 Å². The van der Waals surface area contributed by atoms with Gasteiger partial charge >= 0.3 is 0 Å². The molecule has 21 heavy (non-hydrogen) atoms. The molecule has 2 aromatic rings. The van der Waals surface area contributed by atoms with Gasteiger partial charge in [0.2, 0.25) is 0 Å². The molecule has 2 rings (SSSR count). The van der Waals surface area contributed by atoms with Crippen molar-refractivity contribution >= 4 is 34.7 Å². The van der Waals surface area contributed by atoms with E-state index in [-0.39, 0.29) is 12.3 Å². The van der Waals surface area contributed by atoms with Crippen LogP contribution in [0.1, 0.15) is 10.4 Å². The molecule has 0 atom stereocenters. The van der Waals surface area contributed by atoms with Gasteiger partial charge in [0, 0.05) is 23.3 Å². The van der Waals surface area contributed by atoms with Crippen molar-refractivity contribution < 1.29 is 9.53 Å². The number of ether oxygens (including phenoxy) is 1. The first kappa shape index (κ1) is 15.7. The summed E-state index contributed by atoms with van der Waals surface area (Å²) in [6.07, 6.45) is 0. The Bertz CT molecular complexity index is 641. The maximum Gasteiger partial charge on any atom is 0.183 e. The third kappa shape index (κ3) is 3.90. The molecule has 3 nitrogen and oxygen atoms in total. The van der Waals surface area contributed by atoms with Gasteiger partial charge in [-0.25, -0.2) is 0 Å². The zero-order valence-electron chi connectivity index (χ0n) is 11.8. The van der Waals surface area contributed by atoms with Crippen molar-refractivity contribution in [3.63, 3.8) is 0 Å². The fourth-order valence-electron chi connectivity index (χ4n) is 1.94. The monoisotopic (exact) mass is 323 g/mol. The van der Waals surface area contributed by atoms with Gasteiger partial charge < -0.3 is 9.64 Å². The highest BCUT2D eigenvalue weighted by Gasteiger charge is 2.14. The molecule has 0 fully saturated rings. The minimum atomic E-state index is -0.0826. The maximum atomic E-state index is 12.3. The lowest BCUT2D eigenvalue weighted by molar-refractivity contribution is 0.100. The summed E-state index contributed by atoms with van der Waals surface area (Å²) in [5.41, 5.74) is 1.35. The minimum absolute atomic E-state index is 0.0826. The molecule has 0 N–H and O–H groups in total. The lowest BCUT2D eigenvalue weighted by Gasteiger charge is -2.19. The smallest absolute Gasteiger partial charge is 0.183 e. The molecule has 0 aromatic heterocycles. The Balaban J connectivity index is 2.12. The number of ketones is 1. The van der Waals surface area contributed by atoms with Crippen LogP contribution in [0.15, 0.2) is 42.5 Å². The molecule has 5 heteroatoms. The third-order valence-electron chi connectivity index (χ3n) is 3.12. The zero-order valence-corrected chi connectivity index (χ0v) is 13.3. The van der Waals surface area contributed by atoms with Crippen LogP contribution in [0.5, 0.6) is 5.75 Å². The summed E-state index contributed by atoms with van der Waals surface area (Å²) in [6, 6.07) is 12.4. The highest BCUT2D eigenvalue weighted by Crippen LogP contribution is 2.23. The average molecular weight is 324 g/mol. The number of nitrogens with zero attached hydrogens (tertiary/aromatic N) is 1. The molecule has 0 saturated heterocycles. The normalized spacial score (nSPS) is 10.3. The summed E-state index contributed by atoms with van der Waals surface area (Å²) in [5.74, 6) is 0.692. The third-order valence-corrected chi connectivity index (χ3v) is 3.69. The lowest BCUT2D eigenvalue weighted by atomic mass is 10.1. The van der Waals surface area contributed by atoms with E-state index in [0.29, 0.717) is 15.6 Å². The van der Waals surface area contributed by atoms with Crippen LogP contribution >= 0.6 is 23.2 Å². The number of methoxy groups -OCH3 is 1. The van der Waals surface area contributed by atoms with Gasteiger partial charge in [-0.2, -0.15) is 0 Å². The SMILES string of the molecule is COc1ccc(N(C)CC(=O)c2cc(Cl)ccc2Cl)cc1. The van der Waals surface area contributed by atoms with Crippen molar-refractivity contribution in [1.82, 2.24) is 0 Å². The molecule has 0 aliphatic heterocycles. The topological polar surface area (TPSA) is 29.5 Å². The van der Waals surface area contributed by atoms with Gasteiger partial charge in [0.15, 0.2) is 5.78 Å². The first-order valence-corrected chi connectivity index (χ1v) is 7.10. The van der Waals surface area contributed by atoms with Crippen molar-refractivity contribution in [2.45, 2.75) is 0 Å². The first-order valence-electron chi connectivity index (χ1n) is 6.34. The highest BCUT2D eigenvalue weighted by molar-refractivity contribution is 6.36. The van der Waals surface area contributed by atoms with Crippen molar-refractivity contribution in [2.75, 3.05) is 25.6 Å². The number of likely N-dealkylation sites (N-methyl/N-ethyl adjacent to an activating group) is 1. The number of carbonyl (C=O) groups excluding carboxylic acids is 1.